The van der Waals surface area contributed by atoms with Gasteiger partial charge in [-0.25, -0.2) is 0 Å². The molecule has 3 heteroatoms. The molecule has 0 atom stereocenters. The van der Waals surface area contributed by atoms with Crippen molar-refractivity contribution in [2.75, 3.05) is 0 Å². The number of allylic oxidation sites excluding steroid dienone is 1. The van der Waals surface area contributed by atoms with Crippen LogP contribution in [0, 0.1) is 6.92 Å². The lowest BCUT2D eigenvalue weighted by Gasteiger charge is -2.01. The molecule has 0 saturated heterocycles. The first kappa shape index (κ1) is 9.91. The van der Waals surface area contributed by atoms with Crippen molar-refractivity contribution >= 4 is 40.9 Å². The van der Waals surface area contributed by atoms with E-state index in [4.69, 9.17) is 34.8 Å². The Labute approximate surface area is 86.7 Å². The van der Waals surface area contributed by atoms with Crippen molar-refractivity contribution in [3.8, 4) is 0 Å². The van der Waals surface area contributed by atoms with Gasteiger partial charge in [0.1, 0.15) is 0 Å². The van der Waals surface area contributed by atoms with E-state index in [-0.39, 0.29) is 0 Å². The second kappa shape index (κ2) is 4.18. The van der Waals surface area contributed by atoms with Gasteiger partial charge in [0.05, 0.1) is 15.1 Å². The van der Waals surface area contributed by atoms with Gasteiger partial charge in [0, 0.05) is 0 Å². The van der Waals surface area contributed by atoms with Gasteiger partial charge in [-0.05, 0) is 18.6 Å². The van der Waals surface area contributed by atoms with Crippen LogP contribution in [0.5, 0.6) is 0 Å². The molecule has 1 aromatic carbocycles. The molecule has 1 aromatic rings. The lowest BCUT2D eigenvalue weighted by atomic mass is 10.2. The fourth-order valence-corrected chi connectivity index (χ4v) is 1.40. The number of hydrogen-bond acceptors (Lipinski definition) is 0. The minimum Gasteiger partial charge on any atom is -0.0836 e. The van der Waals surface area contributed by atoms with Crippen LogP contribution in [-0.4, -0.2) is 0 Å². The Bertz CT molecular complexity index is 316. The maximum absolute atomic E-state index is 5.88. The summed E-state index contributed by atoms with van der Waals surface area (Å²) in [7, 11) is 0. The Morgan fingerprint density at radius 2 is 1.75 bits per heavy atom. The predicted molar refractivity (Wildman–Crippen MR) is 55.9 cm³/mol. The molecule has 0 aromatic heterocycles. The van der Waals surface area contributed by atoms with Gasteiger partial charge in [0.2, 0.25) is 0 Å². The van der Waals surface area contributed by atoms with Gasteiger partial charge in [-0.2, -0.15) is 0 Å². The molecule has 0 N–H and O–H groups in total. The number of halogens is 3. The first-order valence-corrected chi connectivity index (χ1v) is 4.39. The van der Waals surface area contributed by atoms with E-state index < -0.39 is 0 Å². The highest BCUT2D eigenvalue weighted by atomic mass is 35.5. The lowest BCUT2D eigenvalue weighted by molar-refractivity contribution is 1.65. The molecule has 0 bridgehead atoms. The summed E-state index contributed by atoms with van der Waals surface area (Å²) in [5.41, 5.74) is 0.820. The van der Waals surface area contributed by atoms with E-state index >= 15 is 0 Å². The van der Waals surface area contributed by atoms with Crippen LogP contribution in [0.2, 0.25) is 15.1 Å². The highest BCUT2D eigenvalue weighted by Gasteiger charge is 2.05. The number of hydrogen-bond donors (Lipinski definition) is 0. The van der Waals surface area contributed by atoms with Gasteiger partial charge in [0.25, 0.3) is 0 Å². The van der Waals surface area contributed by atoms with Gasteiger partial charge < -0.3 is 0 Å². The summed E-state index contributed by atoms with van der Waals surface area (Å²) >= 11 is 17.4. The second-order valence-electron chi connectivity index (χ2n) is 2.17. The number of benzene rings is 1. The van der Waals surface area contributed by atoms with Gasteiger partial charge >= 0.3 is 0 Å². The average molecular weight is 221 g/mol. The third-order valence-electron chi connectivity index (χ3n) is 1.36. The molecular formula is C9H6Cl3. The van der Waals surface area contributed by atoms with Crippen LogP contribution in [0.15, 0.2) is 18.2 Å². The zero-order chi connectivity index (χ0) is 9.14. The monoisotopic (exact) mass is 219 g/mol. The zero-order valence-electron chi connectivity index (χ0n) is 6.15. The predicted octanol–water partition coefficient (Wildman–Crippen LogP) is 4.49. The summed E-state index contributed by atoms with van der Waals surface area (Å²) in [6.45, 7) is 3.56. The molecular weight excluding hydrogens is 214 g/mol. The Kier molecular flexibility index (Phi) is 3.45. The maximum Gasteiger partial charge on any atom is 0.0784 e. The van der Waals surface area contributed by atoms with E-state index in [0.29, 0.717) is 15.1 Å². The summed E-state index contributed by atoms with van der Waals surface area (Å²) in [4.78, 5) is 0. The van der Waals surface area contributed by atoms with E-state index in [9.17, 15) is 0 Å². The van der Waals surface area contributed by atoms with Gasteiger partial charge in [-0.3, -0.25) is 0 Å². The van der Waals surface area contributed by atoms with Crippen LogP contribution in [-0.2, 0) is 0 Å². The topological polar surface area (TPSA) is 0 Å². The standard InChI is InChI=1S/C9H6Cl3/c1-2-3-6-4-5-7(10)9(12)8(6)11/h2-5H,1H2/b3-2+. The van der Waals surface area contributed by atoms with Crippen molar-refractivity contribution in [2.24, 2.45) is 0 Å². The molecule has 0 amide bonds. The van der Waals surface area contributed by atoms with Gasteiger partial charge in [0.15, 0.2) is 0 Å². The first-order valence-electron chi connectivity index (χ1n) is 3.26. The van der Waals surface area contributed by atoms with Gasteiger partial charge in [-0.1, -0.05) is 53.0 Å². The van der Waals surface area contributed by atoms with E-state index in [1.54, 1.807) is 24.3 Å². The molecule has 0 nitrogen and oxygen atoms in total. The zero-order valence-corrected chi connectivity index (χ0v) is 8.42. The molecule has 0 unspecified atom stereocenters. The van der Waals surface area contributed by atoms with Crippen LogP contribution in [0.3, 0.4) is 0 Å². The maximum atomic E-state index is 5.88. The van der Waals surface area contributed by atoms with Crippen molar-refractivity contribution in [3.05, 3.63) is 45.8 Å². The van der Waals surface area contributed by atoms with Crippen molar-refractivity contribution in [1.29, 1.82) is 0 Å². The third kappa shape index (κ3) is 1.95. The van der Waals surface area contributed by atoms with E-state index in [0.717, 1.165) is 5.56 Å². The van der Waals surface area contributed by atoms with Crippen LogP contribution < -0.4 is 0 Å². The molecule has 63 valence electrons. The molecule has 0 spiro atoms. The second-order valence-corrected chi connectivity index (χ2v) is 3.33. The highest BCUT2D eigenvalue weighted by Crippen LogP contribution is 2.33. The van der Waals surface area contributed by atoms with Crippen LogP contribution >= 0.6 is 34.8 Å². The summed E-state index contributed by atoms with van der Waals surface area (Å²) in [5.74, 6) is 0. The van der Waals surface area contributed by atoms with Crippen molar-refractivity contribution in [2.45, 2.75) is 0 Å². The van der Waals surface area contributed by atoms with E-state index in [1.807, 2.05) is 0 Å². The van der Waals surface area contributed by atoms with Gasteiger partial charge in [-0.15, -0.1) is 0 Å². The van der Waals surface area contributed by atoms with E-state index in [2.05, 4.69) is 6.92 Å². The Morgan fingerprint density at radius 3 is 2.33 bits per heavy atom. The SMILES string of the molecule is [CH2]/C=C/c1ccc(Cl)c(Cl)c1Cl. The summed E-state index contributed by atoms with van der Waals surface area (Å²) in [6, 6.07) is 3.49. The third-order valence-corrected chi connectivity index (χ3v) is 2.67. The Morgan fingerprint density at radius 1 is 1.08 bits per heavy atom. The lowest BCUT2D eigenvalue weighted by Crippen LogP contribution is -1.77. The highest BCUT2D eigenvalue weighted by molar-refractivity contribution is 6.48. The minimum absolute atomic E-state index is 0.383. The molecule has 0 aliphatic heterocycles. The molecule has 0 saturated carbocycles. The fraction of sp³-hybridized carbons (Fsp3) is 0. The van der Waals surface area contributed by atoms with Crippen molar-refractivity contribution in [1.82, 2.24) is 0 Å². The molecule has 12 heavy (non-hydrogen) atoms. The quantitative estimate of drug-likeness (QED) is 0.612. The molecule has 0 aliphatic carbocycles. The molecule has 1 radical (unpaired) electrons. The smallest absolute Gasteiger partial charge is 0.0784 e. The summed E-state index contributed by atoms with van der Waals surface area (Å²) < 4.78 is 0. The largest absolute Gasteiger partial charge is 0.0836 e. The average Bonchev–Trinajstić information content (AvgIpc) is 2.07. The molecule has 0 fully saturated rings. The first-order chi connectivity index (χ1) is 5.66. The minimum atomic E-state index is 0.383. The Hall–Kier alpha value is -0.170. The molecule has 0 heterocycles. The number of rotatable bonds is 1. The Balaban J connectivity index is 3.26. The van der Waals surface area contributed by atoms with Crippen molar-refractivity contribution in [3.63, 3.8) is 0 Å². The van der Waals surface area contributed by atoms with Crippen LogP contribution in [0.25, 0.3) is 6.08 Å². The summed E-state index contributed by atoms with van der Waals surface area (Å²) in [6.07, 6.45) is 3.41. The normalized spacial score (nSPS) is 11.0. The molecule has 1 rings (SSSR count). The molecule has 0 aliphatic rings. The fourth-order valence-electron chi connectivity index (χ4n) is 0.797. The van der Waals surface area contributed by atoms with E-state index in [1.165, 1.54) is 0 Å². The summed E-state index contributed by atoms with van der Waals surface area (Å²) in [5, 5.41) is 1.31. The van der Waals surface area contributed by atoms with Crippen LogP contribution in [0.1, 0.15) is 5.56 Å². The van der Waals surface area contributed by atoms with Crippen molar-refractivity contribution < 1.29 is 0 Å². The van der Waals surface area contributed by atoms with Crippen LogP contribution in [0.4, 0.5) is 0 Å².